The largest absolute Gasteiger partial charge is 0.386 e. The summed E-state index contributed by atoms with van der Waals surface area (Å²) in [6, 6.07) is 11.5. The molecule has 10 heteroatoms. The van der Waals surface area contributed by atoms with E-state index < -0.39 is 20.0 Å². The number of nitrogens with two attached hydrogens (primary N) is 1. The molecule has 0 radical (unpaired) electrons. The second kappa shape index (κ2) is 7.52. The van der Waals surface area contributed by atoms with E-state index in [1.807, 2.05) is 0 Å². The van der Waals surface area contributed by atoms with Gasteiger partial charge >= 0.3 is 0 Å². The number of aryl methyl sites for hydroxylation is 1. The minimum atomic E-state index is -4.41. The highest BCUT2D eigenvalue weighted by Crippen LogP contribution is 2.25. The lowest BCUT2D eigenvalue weighted by Crippen LogP contribution is -2.30. The van der Waals surface area contributed by atoms with Crippen molar-refractivity contribution in [1.29, 1.82) is 0 Å². The molecular formula is C15H16ClN3O4S2. The van der Waals surface area contributed by atoms with E-state index in [1.54, 1.807) is 23.2 Å². The van der Waals surface area contributed by atoms with Gasteiger partial charge in [-0.3, -0.25) is 0 Å². The molecule has 0 aliphatic heterocycles. The molecule has 0 aliphatic rings. The van der Waals surface area contributed by atoms with Crippen LogP contribution < -0.4 is 9.86 Å². The van der Waals surface area contributed by atoms with Gasteiger partial charge in [-0.2, -0.15) is 0 Å². The number of nitrogens with one attached hydrogen (secondary N) is 1. The Morgan fingerprint density at radius 1 is 1.08 bits per heavy atom. The fraction of sp³-hybridized carbons (Fsp3) is 0.133. The van der Waals surface area contributed by atoms with Crippen LogP contribution in [0.25, 0.3) is 0 Å². The van der Waals surface area contributed by atoms with Gasteiger partial charge in [0.05, 0.1) is 16.5 Å². The van der Waals surface area contributed by atoms with Crippen molar-refractivity contribution in [3.63, 3.8) is 0 Å². The normalized spacial score (nSPS) is 13.0. The summed E-state index contributed by atoms with van der Waals surface area (Å²) in [7, 11) is -8.69. The van der Waals surface area contributed by atoms with Crippen molar-refractivity contribution in [2.24, 2.45) is 10.7 Å². The van der Waals surface area contributed by atoms with E-state index in [9.17, 15) is 16.8 Å². The Morgan fingerprint density at radius 2 is 1.76 bits per heavy atom. The van der Waals surface area contributed by atoms with Crippen molar-refractivity contribution in [3.05, 3.63) is 54.1 Å². The number of hydrogen-bond donors (Lipinski definition) is 2. The molecule has 0 bridgehead atoms. The Morgan fingerprint density at radius 3 is 2.40 bits per heavy atom. The van der Waals surface area contributed by atoms with Crippen LogP contribution in [0.15, 0.2) is 63.3 Å². The Bertz CT molecular complexity index is 1020. The van der Waals surface area contributed by atoms with Crippen LogP contribution >= 0.6 is 11.6 Å². The molecule has 0 saturated heterocycles. The van der Waals surface area contributed by atoms with Gasteiger partial charge in [0.25, 0.3) is 20.0 Å². The van der Waals surface area contributed by atoms with Crippen LogP contribution in [0.4, 0.5) is 5.69 Å². The minimum absolute atomic E-state index is 0.00542. The zero-order valence-electron chi connectivity index (χ0n) is 13.2. The first-order valence-corrected chi connectivity index (χ1v) is 10.5. The van der Waals surface area contributed by atoms with Gasteiger partial charge in [0.1, 0.15) is 10.7 Å². The number of rotatable bonds is 6. The molecule has 2 aromatic rings. The molecule has 0 amide bonds. The molecule has 0 saturated carbocycles. The molecule has 2 rings (SSSR count). The van der Waals surface area contributed by atoms with E-state index >= 15 is 0 Å². The van der Waals surface area contributed by atoms with Gasteiger partial charge in [-0.1, -0.05) is 24.3 Å². The molecular weight excluding hydrogens is 386 g/mol. The summed E-state index contributed by atoms with van der Waals surface area (Å²) in [4.78, 5) is 3.43. The first kappa shape index (κ1) is 19.4. The van der Waals surface area contributed by atoms with Gasteiger partial charge < -0.3 is 5.73 Å². The van der Waals surface area contributed by atoms with Gasteiger partial charge in [-0.25, -0.2) is 21.8 Å². The van der Waals surface area contributed by atoms with Crippen LogP contribution in [0.2, 0.25) is 0 Å². The van der Waals surface area contributed by atoms with Gasteiger partial charge in [0.2, 0.25) is 0 Å². The number of hydrogen-bond acceptors (Lipinski definition) is 5. The number of benzene rings is 2. The summed E-state index contributed by atoms with van der Waals surface area (Å²) in [5, 5.41) is 0. The summed E-state index contributed by atoms with van der Waals surface area (Å²) in [6.45, 7) is 1.70. The maximum Gasteiger partial charge on any atom is 0.255 e. The van der Waals surface area contributed by atoms with Gasteiger partial charge in [-0.05, 0) is 36.8 Å². The number of aliphatic imine (C=N–C) groups is 1. The number of sulfonamides is 2. The Kier molecular flexibility index (Phi) is 5.83. The molecule has 3 N–H and O–H groups in total. The predicted molar refractivity (Wildman–Crippen MR) is 97.1 cm³/mol. The lowest BCUT2D eigenvalue weighted by molar-refractivity contribution is 0.577. The fourth-order valence-corrected chi connectivity index (χ4v) is 5.19. The first-order valence-electron chi connectivity index (χ1n) is 6.99. The lowest BCUT2D eigenvalue weighted by atomic mass is 10.2. The Balaban J connectivity index is 2.47. The van der Waals surface area contributed by atoms with Crippen LogP contribution in [-0.4, -0.2) is 28.6 Å². The Labute approximate surface area is 151 Å². The molecule has 0 spiro atoms. The van der Waals surface area contributed by atoms with Crippen LogP contribution in [-0.2, 0) is 20.0 Å². The third-order valence-corrected chi connectivity index (χ3v) is 6.90. The molecule has 0 fully saturated rings. The zero-order chi connectivity index (χ0) is 18.7. The summed E-state index contributed by atoms with van der Waals surface area (Å²) in [5.41, 5.74) is 6.21. The van der Waals surface area contributed by atoms with Crippen LogP contribution in [0, 0.1) is 6.92 Å². The standard InChI is InChI=1S/C15H16ClN3O4S2/c1-11-5-4-6-12(9-11)24(20,21)19-25(22,23)14-8-3-2-7-13(14)18-15(17)10-16/h2-9,19H,10H2,1H3,(H2,17,18). The molecule has 0 atom stereocenters. The fourth-order valence-electron chi connectivity index (χ4n) is 1.98. The van der Waals surface area contributed by atoms with Crippen molar-refractivity contribution in [2.75, 3.05) is 5.88 Å². The maximum atomic E-state index is 12.6. The summed E-state index contributed by atoms with van der Waals surface area (Å²) in [6.07, 6.45) is 0. The molecule has 2 aromatic carbocycles. The Hall–Kier alpha value is -1.94. The molecule has 134 valence electrons. The lowest BCUT2D eigenvalue weighted by Gasteiger charge is -2.10. The predicted octanol–water partition coefficient (Wildman–Crippen LogP) is 1.89. The smallest absolute Gasteiger partial charge is 0.255 e. The maximum absolute atomic E-state index is 12.6. The number of halogens is 1. The SMILES string of the molecule is Cc1cccc(S(=O)(=O)NS(=O)(=O)c2ccccc2N=C(N)CCl)c1. The molecule has 0 aliphatic carbocycles. The number of para-hydroxylation sites is 1. The summed E-state index contributed by atoms with van der Waals surface area (Å²) >= 11 is 5.55. The molecule has 0 unspecified atom stereocenters. The van der Waals surface area contributed by atoms with Crippen molar-refractivity contribution < 1.29 is 16.8 Å². The highest BCUT2D eigenvalue weighted by Gasteiger charge is 2.26. The van der Waals surface area contributed by atoms with E-state index in [0.29, 0.717) is 5.56 Å². The summed E-state index contributed by atoms with van der Waals surface area (Å²) in [5.74, 6) is -0.0884. The molecule has 0 aromatic heterocycles. The highest BCUT2D eigenvalue weighted by molar-refractivity contribution is 8.04. The molecule has 0 heterocycles. The second-order valence-electron chi connectivity index (χ2n) is 5.11. The van der Waals surface area contributed by atoms with E-state index in [0.717, 1.165) is 0 Å². The average Bonchev–Trinajstić information content (AvgIpc) is 2.54. The van der Waals surface area contributed by atoms with E-state index in [-0.39, 0.29) is 27.2 Å². The monoisotopic (exact) mass is 401 g/mol. The third-order valence-electron chi connectivity index (χ3n) is 3.07. The van der Waals surface area contributed by atoms with E-state index in [4.69, 9.17) is 17.3 Å². The topological polar surface area (TPSA) is 119 Å². The van der Waals surface area contributed by atoms with Gasteiger partial charge in [0.15, 0.2) is 0 Å². The number of nitrogens with zero attached hydrogens (tertiary/aromatic N) is 1. The van der Waals surface area contributed by atoms with Crippen LogP contribution in [0.5, 0.6) is 0 Å². The first-order chi connectivity index (χ1) is 11.7. The van der Waals surface area contributed by atoms with Gasteiger partial charge in [-0.15, -0.1) is 15.7 Å². The number of amidine groups is 1. The molecule has 25 heavy (non-hydrogen) atoms. The summed E-state index contributed by atoms with van der Waals surface area (Å²) < 4.78 is 51.6. The van der Waals surface area contributed by atoms with Crippen molar-refractivity contribution in [1.82, 2.24) is 4.13 Å². The average molecular weight is 402 g/mol. The van der Waals surface area contributed by atoms with Crippen molar-refractivity contribution in [3.8, 4) is 0 Å². The van der Waals surface area contributed by atoms with E-state index in [1.165, 1.54) is 36.4 Å². The second-order valence-corrected chi connectivity index (χ2v) is 8.97. The van der Waals surface area contributed by atoms with Crippen LogP contribution in [0.3, 0.4) is 0 Å². The number of alkyl halides is 1. The van der Waals surface area contributed by atoms with Gasteiger partial charge in [0, 0.05) is 0 Å². The highest BCUT2D eigenvalue weighted by atomic mass is 35.5. The van der Waals surface area contributed by atoms with Crippen molar-refractivity contribution >= 4 is 43.2 Å². The zero-order valence-corrected chi connectivity index (χ0v) is 15.6. The molecule has 7 nitrogen and oxygen atoms in total. The van der Waals surface area contributed by atoms with E-state index in [2.05, 4.69) is 4.99 Å². The third kappa shape index (κ3) is 4.79. The van der Waals surface area contributed by atoms with Crippen molar-refractivity contribution in [2.45, 2.75) is 16.7 Å². The van der Waals surface area contributed by atoms with Crippen LogP contribution in [0.1, 0.15) is 5.56 Å². The minimum Gasteiger partial charge on any atom is -0.386 e. The quantitative estimate of drug-likeness (QED) is 0.435.